The molecule has 1 heterocycles. The van der Waals surface area contributed by atoms with E-state index in [-0.39, 0.29) is 0 Å². The van der Waals surface area contributed by atoms with Gasteiger partial charge in [-0.3, -0.25) is 0 Å². The van der Waals surface area contributed by atoms with Crippen LogP contribution in [-0.4, -0.2) is 0 Å². The Morgan fingerprint density at radius 2 is 0.946 bits per heavy atom. The predicted octanol–water partition coefficient (Wildman–Crippen LogP) is 14.7. The highest BCUT2D eigenvalue weighted by Crippen LogP contribution is 2.61. The summed E-state index contributed by atoms with van der Waals surface area (Å²) in [6, 6.07) is 76.0. The monoisotopic (exact) mass is 710 g/mol. The van der Waals surface area contributed by atoms with Crippen molar-refractivity contribution in [1.82, 2.24) is 0 Å². The lowest BCUT2D eigenvalue weighted by Gasteiger charge is -2.34. The molecule has 0 saturated heterocycles. The molecule has 0 saturated carbocycles. The third kappa shape index (κ3) is 4.26. The summed E-state index contributed by atoms with van der Waals surface area (Å²) in [6.07, 6.45) is 0. The number of rotatable bonds is 4. The molecule has 1 nitrogen and oxygen atoms in total. The lowest BCUT2D eigenvalue weighted by molar-refractivity contribution is 0.673. The summed E-state index contributed by atoms with van der Waals surface area (Å²) < 4.78 is 6.69. The molecule has 12 rings (SSSR count). The maximum atomic E-state index is 6.69. The quantitative estimate of drug-likeness (QED) is 0.177. The van der Waals surface area contributed by atoms with E-state index < -0.39 is 5.41 Å². The van der Waals surface area contributed by atoms with E-state index in [1.165, 1.54) is 82.6 Å². The van der Waals surface area contributed by atoms with Crippen molar-refractivity contribution in [3.05, 3.63) is 229 Å². The fourth-order valence-electron chi connectivity index (χ4n) is 9.99. The summed E-state index contributed by atoms with van der Waals surface area (Å²) in [6.45, 7) is 0. The maximum Gasteiger partial charge on any atom is 0.143 e. The molecule has 0 bridgehead atoms. The standard InChI is InChI=1S/C55H34O/c1-3-19-39(20-4-1)55(40-21-5-2-6-22-40)48-33-38(42-26-14-28-50-51(42)47-32-29-36-16-8-12-25-44(36)54(47)56-50)30-31-46(48)53-49(55)34-37-17-9-11-24-43(37)52(53)45-27-13-18-35-15-7-10-23-41(35)45/h1-34H. The van der Waals surface area contributed by atoms with Gasteiger partial charge in [0.05, 0.1) is 5.41 Å². The minimum absolute atomic E-state index is 0.588. The topological polar surface area (TPSA) is 13.1 Å². The molecule has 1 aliphatic carbocycles. The van der Waals surface area contributed by atoms with E-state index in [0.717, 1.165) is 27.3 Å². The highest BCUT2D eigenvalue weighted by atomic mass is 16.3. The molecule has 260 valence electrons. The van der Waals surface area contributed by atoms with Crippen LogP contribution in [-0.2, 0) is 5.41 Å². The molecule has 11 aromatic rings. The Hall–Kier alpha value is -7.22. The molecular weight excluding hydrogens is 677 g/mol. The highest BCUT2D eigenvalue weighted by molar-refractivity contribution is 6.19. The van der Waals surface area contributed by atoms with Crippen LogP contribution in [0.4, 0.5) is 0 Å². The Morgan fingerprint density at radius 3 is 1.71 bits per heavy atom. The first kappa shape index (κ1) is 31.2. The zero-order chi connectivity index (χ0) is 36.8. The first-order chi connectivity index (χ1) is 27.8. The molecule has 0 amide bonds. The molecule has 0 fully saturated rings. The summed E-state index contributed by atoms with van der Waals surface area (Å²) in [5.74, 6) is 0. The predicted molar refractivity (Wildman–Crippen MR) is 234 cm³/mol. The zero-order valence-electron chi connectivity index (χ0n) is 30.5. The van der Waals surface area contributed by atoms with Gasteiger partial charge in [0, 0.05) is 16.2 Å². The Balaban J connectivity index is 1.24. The molecule has 0 spiro atoms. The van der Waals surface area contributed by atoms with Crippen LogP contribution in [0.25, 0.3) is 87.6 Å². The van der Waals surface area contributed by atoms with Crippen LogP contribution in [0.3, 0.4) is 0 Å². The number of fused-ring (bicyclic) bond motifs is 10. The minimum atomic E-state index is -0.588. The van der Waals surface area contributed by atoms with Crippen molar-refractivity contribution in [2.75, 3.05) is 0 Å². The van der Waals surface area contributed by atoms with Crippen LogP contribution in [0, 0.1) is 0 Å². The van der Waals surface area contributed by atoms with Crippen LogP contribution < -0.4 is 0 Å². The molecule has 0 N–H and O–H groups in total. The average Bonchev–Trinajstić information content (AvgIpc) is 3.80. The summed E-state index contributed by atoms with van der Waals surface area (Å²) in [7, 11) is 0. The van der Waals surface area contributed by atoms with E-state index >= 15 is 0 Å². The highest BCUT2D eigenvalue weighted by Gasteiger charge is 2.47. The summed E-state index contributed by atoms with van der Waals surface area (Å²) in [5.41, 5.74) is 13.8. The van der Waals surface area contributed by atoms with Gasteiger partial charge in [0.15, 0.2) is 0 Å². The normalized spacial score (nSPS) is 13.1. The minimum Gasteiger partial charge on any atom is -0.455 e. The lowest BCUT2D eigenvalue weighted by Crippen LogP contribution is -2.28. The second kappa shape index (κ2) is 11.9. The summed E-state index contributed by atoms with van der Waals surface area (Å²) in [5, 5.41) is 9.60. The Bertz CT molecular complexity index is 3310. The molecule has 0 aliphatic heterocycles. The first-order valence-corrected chi connectivity index (χ1v) is 19.4. The summed E-state index contributed by atoms with van der Waals surface area (Å²) in [4.78, 5) is 0. The van der Waals surface area contributed by atoms with Gasteiger partial charge >= 0.3 is 0 Å². The van der Waals surface area contributed by atoms with Crippen molar-refractivity contribution < 1.29 is 4.42 Å². The number of furan rings is 1. The van der Waals surface area contributed by atoms with Crippen LogP contribution in [0.2, 0.25) is 0 Å². The van der Waals surface area contributed by atoms with E-state index in [4.69, 9.17) is 4.42 Å². The van der Waals surface area contributed by atoms with Crippen LogP contribution in [0.5, 0.6) is 0 Å². The van der Waals surface area contributed by atoms with E-state index in [9.17, 15) is 0 Å². The van der Waals surface area contributed by atoms with Crippen LogP contribution >= 0.6 is 0 Å². The van der Waals surface area contributed by atoms with E-state index in [1.54, 1.807) is 0 Å². The van der Waals surface area contributed by atoms with E-state index in [1.807, 2.05) is 0 Å². The molecule has 10 aromatic carbocycles. The van der Waals surface area contributed by atoms with Gasteiger partial charge in [-0.15, -0.1) is 0 Å². The van der Waals surface area contributed by atoms with Crippen molar-refractivity contribution >= 4 is 54.3 Å². The molecule has 0 atom stereocenters. The van der Waals surface area contributed by atoms with Crippen molar-refractivity contribution in [3.63, 3.8) is 0 Å². The van der Waals surface area contributed by atoms with Gasteiger partial charge in [-0.25, -0.2) is 0 Å². The van der Waals surface area contributed by atoms with Gasteiger partial charge in [-0.2, -0.15) is 0 Å². The van der Waals surface area contributed by atoms with Crippen molar-refractivity contribution in [2.24, 2.45) is 0 Å². The van der Waals surface area contributed by atoms with E-state index in [0.29, 0.717) is 0 Å². The molecule has 1 aromatic heterocycles. The molecule has 1 heteroatoms. The summed E-state index contributed by atoms with van der Waals surface area (Å²) >= 11 is 0. The zero-order valence-corrected chi connectivity index (χ0v) is 30.5. The van der Waals surface area contributed by atoms with Gasteiger partial charge in [0.25, 0.3) is 0 Å². The largest absolute Gasteiger partial charge is 0.455 e. The second-order valence-corrected chi connectivity index (χ2v) is 15.1. The van der Waals surface area contributed by atoms with Crippen molar-refractivity contribution in [1.29, 1.82) is 0 Å². The average molecular weight is 711 g/mol. The fraction of sp³-hybridized carbons (Fsp3) is 0.0182. The van der Waals surface area contributed by atoms with Crippen LogP contribution in [0.15, 0.2) is 211 Å². The molecule has 1 aliphatic rings. The fourth-order valence-corrected chi connectivity index (χ4v) is 9.99. The molecule has 56 heavy (non-hydrogen) atoms. The third-order valence-electron chi connectivity index (χ3n) is 12.3. The third-order valence-corrected chi connectivity index (χ3v) is 12.3. The Labute approximate surface area is 324 Å². The molecule has 0 unspecified atom stereocenters. The number of hydrogen-bond acceptors (Lipinski definition) is 1. The first-order valence-electron chi connectivity index (χ1n) is 19.4. The second-order valence-electron chi connectivity index (χ2n) is 15.1. The smallest absolute Gasteiger partial charge is 0.143 e. The van der Waals surface area contributed by atoms with E-state index in [2.05, 4.69) is 206 Å². The van der Waals surface area contributed by atoms with Gasteiger partial charge < -0.3 is 4.42 Å². The number of benzene rings is 10. The van der Waals surface area contributed by atoms with Crippen LogP contribution in [0.1, 0.15) is 22.3 Å². The Kier molecular flexibility index (Phi) is 6.62. The van der Waals surface area contributed by atoms with Crippen molar-refractivity contribution in [3.8, 4) is 33.4 Å². The van der Waals surface area contributed by atoms with Gasteiger partial charge in [0.1, 0.15) is 11.2 Å². The van der Waals surface area contributed by atoms with Gasteiger partial charge in [0.2, 0.25) is 0 Å². The van der Waals surface area contributed by atoms with Gasteiger partial charge in [-0.05, 0) is 107 Å². The molecular formula is C55H34O. The number of hydrogen-bond donors (Lipinski definition) is 0. The Morgan fingerprint density at radius 1 is 0.339 bits per heavy atom. The molecule has 0 radical (unpaired) electrons. The lowest BCUT2D eigenvalue weighted by atomic mass is 9.67. The SMILES string of the molecule is c1ccc(C2(c3ccccc3)c3cc(-c4cccc5oc6c7ccccc7ccc6c45)ccc3-c3c2cc2ccccc2c3-c2cccc3ccccc23)cc1. The van der Waals surface area contributed by atoms with Gasteiger partial charge in [-0.1, -0.05) is 182 Å². The van der Waals surface area contributed by atoms with Crippen molar-refractivity contribution in [2.45, 2.75) is 5.41 Å². The maximum absolute atomic E-state index is 6.69.